The van der Waals surface area contributed by atoms with Crippen molar-refractivity contribution in [3.05, 3.63) is 18.5 Å². The molecule has 0 spiro atoms. The fourth-order valence-electron chi connectivity index (χ4n) is 4.61. The zero-order chi connectivity index (χ0) is 19.4. The number of anilines is 3. The van der Waals surface area contributed by atoms with E-state index in [4.69, 9.17) is 20.4 Å². The quantitative estimate of drug-likeness (QED) is 0.807. The Morgan fingerprint density at radius 1 is 1.03 bits per heavy atom. The maximum absolute atomic E-state index is 5.67. The normalized spacial score (nSPS) is 27.0. The lowest BCUT2D eigenvalue weighted by Crippen LogP contribution is -2.71. The first-order chi connectivity index (χ1) is 14.2. The molecule has 2 N–H and O–H groups in total. The van der Waals surface area contributed by atoms with Gasteiger partial charge >= 0.3 is 0 Å². The molecule has 6 rings (SSSR count). The highest BCUT2D eigenvalue weighted by atomic mass is 16.5. The lowest BCUT2D eigenvalue weighted by Gasteiger charge is -2.55. The van der Waals surface area contributed by atoms with Crippen LogP contribution in [0.1, 0.15) is 19.3 Å². The fraction of sp³-hybridized carbons (Fsp3) is 0.600. The Balaban J connectivity index is 1.29. The molecule has 1 aliphatic carbocycles. The molecule has 2 atom stereocenters. The number of piperazine rings is 1. The largest absolute Gasteiger partial charge is 0.372 e. The van der Waals surface area contributed by atoms with Gasteiger partial charge in [0.15, 0.2) is 0 Å². The molecule has 29 heavy (non-hydrogen) atoms. The molecule has 1 unspecified atom stereocenters. The van der Waals surface area contributed by atoms with Crippen molar-refractivity contribution in [3.63, 3.8) is 0 Å². The van der Waals surface area contributed by atoms with Crippen LogP contribution in [0.25, 0.3) is 11.3 Å². The van der Waals surface area contributed by atoms with Crippen LogP contribution in [0.5, 0.6) is 0 Å². The number of fused-ring (bicyclic) bond motifs is 1. The van der Waals surface area contributed by atoms with E-state index in [0.717, 1.165) is 68.4 Å². The molecule has 3 aliphatic heterocycles. The summed E-state index contributed by atoms with van der Waals surface area (Å²) in [7, 11) is 0. The van der Waals surface area contributed by atoms with Crippen molar-refractivity contribution >= 4 is 17.7 Å². The van der Waals surface area contributed by atoms with Gasteiger partial charge in [-0.25, -0.2) is 15.0 Å². The average Bonchev–Trinajstić information content (AvgIpc) is 2.69. The van der Waals surface area contributed by atoms with E-state index in [1.54, 1.807) is 12.4 Å². The predicted octanol–water partition coefficient (Wildman–Crippen LogP) is 0.778. The van der Waals surface area contributed by atoms with Crippen molar-refractivity contribution in [1.29, 1.82) is 0 Å². The highest BCUT2D eigenvalue weighted by Crippen LogP contribution is 2.36. The zero-order valence-corrected chi connectivity index (χ0v) is 16.4. The second kappa shape index (κ2) is 6.77. The monoisotopic (exact) mass is 394 g/mol. The van der Waals surface area contributed by atoms with Crippen LogP contribution >= 0.6 is 0 Å². The molecule has 0 aromatic carbocycles. The number of hydrogen-bond acceptors (Lipinski definition) is 9. The summed E-state index contributed by atoms with van der Waals surface area (Å²) in [4.78, 5) is 25.4. The fourth-order valence-corrected chi connectivity index (χ4v) is 4.61. The van der Waals surface area contributed by atoms with Crippen LogP contribution in [0.4, 0.5) is 17.7 Å². The maximum Gasteiger partial charge on any atom is 0.227 e. The Morgan fingerprint density at radius 3 is 2.41 bits per heavy atom. The molecule has 0 radical (unpaired) electrons. The zero-order valence-electron chi connectivity index (χ0n) is 16.4. The van der Waals surface area contributed by atoms with Crippen molar-refractivity contribution < 1.29 is 4.74 Å². The molecule has 9 nitrogen and oxygen atoms in total. The summed E-state index contributed by atoms with van der Waals surface area (Å²) < 4.78 is 5.57. The van der Waals surface area contributed by atoms with Crippen LogP contribution in [0.15, 0.2) is 18.5 Å². The van der Waals surface area contributed by atoms with Crippen LogP contribution in [0.3, 0.4) is 0 Å². The van der Waals surface area contributed by atoms with Crippen LogP contribution < -0.4 is 15.5 Å². The Labute approximate surface area is 169 Å². The number of aromatic nitrogens is 4. The first kappa shape index (κ1) is 17.3. The van der Waals surface area contributed by atoms with Crippen LogP contribution in [0, 0.1) is 0 Å². The Bertz CT molecular complexity index is 894. The standard InChI is InChI=1S/C20H26N8O/c21-19-22-9-13(10-23-19)15-8-18(28-11-17-16(28)12-29-17)25-20(24-15)27-6-4-26(5-7-27)14-2-1-3-14/h8-10,14,16-17H,1-7,11-12H2,(H2,21,22,23)/t16-,17?/m1/s1. The summed E-state index contributed by atoms with van der Waals surface area (Å²) in [5.41, 5.74) is 7.37. The van der Waals surface area contributed by atoms with Crippen molar-refractivity contribution in [2.45, 2.75) is 37.5 Å². The van der Waals surface area contributed by atoms with E-state index in [0.29, 0.717) is 12.1 Å². The van der Waals surface area contributed by atoms with E-state index in [1.807, 2.05) is 6.07 Å². The number of morpholine rings is 1. The highest BCUT2D eigenvalue weighted by molar-refractivity contribution is 5.65. The number of ether oxygens (including phenoxy) is 1. The lowest BCUT2D eigenvalue weighted by molar-refractivity contribution is -0.113. The maximum atomic E-state index is 5.67. The minimum Gasteiger partial charge on any atom is -0.372 e. The minimum atomic E-state index is 0.271. The molecule has 0 amide bonds. The van der Waals surface area contributed by atoms with E-state index in [9.17, 15) is 0 Å². The van der Waals surface area contributed by atoms with Gasteiger partial charge in [0, 0.05) is 62.8 Å². The van der Waals surface area contributed by atoms with E-state index < -0.39 is 0 Å². The molecule has 5 heterocycles. The van der Waals surface area contributed by atoms with E-state index in [2.05, 4.69) is 24.7 Å². The average molecular weight is 394 g/mol. The van der Waals surface area contributed by atoms with Gasteiger partial charge in [0.25, 0.3) is 0 Å². The molecular formula is C20H26N8O. The van der Waals surface area contributed by atoms with Gasteiger partial charge in [-0.3, -0.25) is 4.90 Å². The third kappa shape index (κ3) is 3.00. The molecule has 1 saturated carbocycles. The number of nitrogens with zero attached hydrogens (tertiary/aromatic N) is 7. The minimum absolute atomic E-state index is 0.271. The summed E-state index contributed by atoms with van der Waals surface area (Å²) in [6.45, 7) is 5.78. The van der Waals surface area contributed by atoms with Crippen molar-refractivity contribution in [1.82, 2.24) is 24.8 Å². The van der Waals surface area contributed by atoms with Gasteiger partial charge in [0.1, 0.15) is 5.82 Å². The van der Waals surface area contributed by atoms with Gasteiger partial charge in [0.2, 0.25) is 11.9 Å². The lowest BCUT2D eigenvalue weighted by atomic mass is 9.91. The number of nitrogens with two attached hydrogens (primary N) is 1. The van der Waals surface area contributed by atoms with E-state index in [1.165, 1.54) is 19.3 Å². The van der Waals surface area contributed by atoms with Crippen molar-refractivity contribution in [2.75, 3.05) is 54.9 Å². The van der Waals surface area contributed by atoms with E-state index >= 15 is 0 Å². The Morgan fingerprint density at radius 2 is 1.83 bits per heavy atom. The first-order valence-corrected chi connectivity index (χ1v) is 10.6. The van der Waals surface area contributed by atoms with Gasteiger partial charge in [0.05, 0.1) is 24.4 Å². The van der Waals surface area contributed by atoms with Gasteiger partial charge < -0.3 is 20.3 Å². The van der Waals surface area contributed by atoms with Gasteiger partial charge in [-0.05, 0) is 12.8 Å². The SMILES string of the molecule is Nc1ncc(-c2cc(N3CC4OC[C@H]43)nc(N3CCN(C4CCC4)CC3)n2)cn1. The number of rotatable bonds is 4. The summed E-state index contributed by atoms with van der Waals surface area (Å²) >= 11 is 0. The first-order valence-electron chi connectivity index (χ1n) is 10.6. The number of hydrogen-bond donors (Lipinski definition) is 1. The third-order valence-corrected chi connectivity index (χ3v) is 6.84. The summed E-state index contributed by atoms with van der Waals surface area (Å²) in [5.74, 6) is 2.03. The topological polar surface area (TPSA) is 96.5 Å². The smallest absolute Gasteiger partial charge is 0.227 e. The second-order valence-corrected chi connectivity index (χ2v) is 8.44. The van der Waals surface area contributed by atoms with Gasteiger partial charge in [-0.2, -0.15) is 4.98 Å². The van der Waals surface area contributed by atoms with Crippen LogP contribution in [-0.4, -0.2) is 82.4 Å². The Kier molecular flexibility index (Phi) is 4.05. The van der Waals surface area contributed by atoms with E-state index in [-0.39, 0.29) is 5.95 Å². The molecule has 9 heteroatoms. The van der Waals surface area contributed by atoms with Crippen molar-refractivity contribution in [2.24, 2.45) is 0 Å². The molecule has 0 bridgehead atoms. The van der Waals surface area contributed by atoms with Gasteiger partial charge in [-0.15, -0.1) is 0 Å². The van der Waals surface area contributed by atoms with Crippen LogP contribution in [0.2, 0.25) is 0 Å². The van der Waals surface area contributed by atoms with Gasteiger partial charge in [-0.1, -0.05) is 6.42 Å². The molecule has 152 valence electrons. The molecule has 3 saturated heterocycles. The summed E-state index contributed by atoms with van der Waals surface area (Å²) in [5, 5.41) is 0. The summed E-state index contributed by atoms with van der Waals surface area (Å²) in [6.07, 6.45) is 7.92. The number of nitrogen functional groups attached to an aromatic ring is 1. The molecule has 2 aromatic rings. The summed E-state index contributed by atoms with van der Waals surface area (Å²) in [6, 6.07) is 3.28. The molecule has 2 aromatic heterocycles. The third-order valence-electron chi connectivity index (χ3n) is 6.84. The molecular weight excluding hydrogens is 368 g/mol. The second-order valence-electron chi connectivity index (χ2n) is 8.44. The van der Waals surface area contributed by atoms with Crippen LogP contribution in [-0.2, 0) is 4.74 Å². The molecule has 4 fully saturated rings. The molecule has 4 aliphatic rings. The predicted molar refractivity (Wildman–Crippen MR) is 110 cm³/mol. The van der Waals surface area contributed by atoms with Crippen molar-refractivity contribution in [3.8, 4) is 11.3 Å². The highest BCUT2D eigenvalue weighted by Gasteiger charge is 2.48. The Hall–Kier alpha value is -2.52.